The highest BCUT2D eigenvalue weighted by atomic mass is 32.2. The average molecular weight is 455 g/mol. The molecular weight excluding hydrogens is 425 g/mol. The summed E-state index contributed by atoms with van der Waals surface area (Å²) in [7, 11) is 0. The van der Waals surface area contributed by atoms with Crippen molar-refractivity contribution in [2.24, 2.45) is 0 Å². The molecule has 4 N–H and O–H groups in total. The van der Waals surface area contributed by atoms with E-state index in [9.17, 15) is 22.8 Å². The Morgan fingerprint density at radius 3 is 2.60 bits per heavy atom. The summed E-state index contributed by atoms with van der Waals surface area (Å²) in [4.78, 5) is 21.8. The van der Waals surface area contributed by atoms with Crippen LogP contribution >= 0.6 is 11.8 Å². The number of amides is 1. The van der Waals surface area contributed by atoms with E-state index in [0.717, 1.165) is 37.9 Å². The number of thioether (sulfide) groups is 1. The van der Waals surface area contributed by atoms with Gasteiger partial charge in [0, 0.05) is 30.8 Å². The van der Waals surface area contributed by atoms with Gasteiger partial charge in [0.15, 0.2) is 12.6 Å². The van der Waals surface area contributed by atoms with Gasteiger partial charge in [-0.1, -0.05) is 12.8 Å². The lowest BCUT2D eigenvalue weighted by Crippen LogP contribution is -2.36. The molecule has 3 atom stereocenters. The van der Waals surface area contributed by atoms with Crippen LogP contribution in [0.25, 0.3) is 0 Å². The number of halogens is 3. The molecule has 2 aliphatic rings. The molecule has 2 fully saturated rings. The summed E-state index contributed by atoms with van der Waals surface area (Å²) in [5, 5.41) is 16.9. The highest BCUT2D eigenvalue weighted by molar-refractivity contribution is 8.00. The fraction of sp³-hybridized carbons (Fsp3) is 0.833. The number of esters is 1. The molecule has 2 aliphatic heterocycles. The van der Waals surface area contributed by atoms with Crippen LogP contribution in [0.1, 0.15) is 38.5 Å². The quantitative estimate of drug-likeness (QED) is 0.247. The highest BCUT2D eigenvalue weighted by Gasteiger charge is 2.42. The SMILES string of the molecule is N=C1N[C@H]2[C@H](CS[C@H]2CCCCCOCCCCNC(=O)COC(=O)C(F)(F)F)N1. The number of rotatable bonds is 13. The molecule has 0 aliphatic carbocycles. The van der Waals surface area contributed by atoms with Crippen molar-refractivity contribution >= 4 is 29.6 Å². The first kappa shape index (κ1) is 24.6. The molecule has 172 valence electrons. The molecule has 0 unspecified atom stereocenters. The number of carbonyl (C=O) groups is 2. The maximum atomic E-state index is 11.9. The number of guanidine groups is 1. The Morgan fingerprint density at radius 2 is 1.87 bits per heavy atom. The third kappa shape index (κ3) is 8.58. The van der Waals surface area contributed by atoms with Crippen molar-refractivity contribution < 1.29 is 32.2 Å². The second kappa shape index (κ2) is 12.2. The van der Waals surface area contributed by atoms with Crippen molar-refractivity contribution in [3.05, 3.63) is 0 Å². The first-order chi connectivity index (χ1) is 14.3. The van der Waals surface area contributed by atoms with Gasteiger partial charge in [0.2, 0.25) is 0 Å². The van der Waals surface area contributed by atoms with Crippen LogP contribution in [0.5, 0.6) is 0 Å². The lowest BCUT2D eigenvalue weighted by atomic mass is 10.0. The van der Waals surface area contributed by atoms with E-state index in [1.54, 1.807) is 0 Å². The van der Waals surface area contributed by atoms with E-state index in [-0.39, 0.29) is 6.54 Å². The predicted octanol–water partition coefficient (Wildman–Crippen LogP) is 1.55. The van der Waals surface area contributed by atoms with Crippen molar-refractivity contribution in [1.82, 2.24) is 16.0 Å². The van der Waals surface area contributed by atoms with E-state index >= 15 is 0 Å². The van der Waals surface area contributed by atoms with Crippen molar-refractivity contribution in [2.75, 3.05) is 32.1 Å². The van der Waals surface area contributed by atoms with Crippen LogP contribution in [-0.2, 0) is 19.1 Å². The van der Waals surface area contributed by atoms with Crippen LogP contribution in [-0.4, -0.2) is 73.5 Å². The monoisotopic (exact) mass is 454 g/mol. The number of carbonyl (C=O) groups excluding carboxylic acids is 2. The zero-order valence-corrected chi connectivity index (χ0v) is 17.5. The van der Waals surface area contributed by atoms with Crippen LogP contribution in [0.2, 0.25) is 0 Å². The van der Waals surface area contributed by atoms with Crippen LogP contribution in [0.15, 0.2) is 0 Å². The Hall–Kier alpha value is -1.69. The molecule has 2 heterocycles. The average Bonchev–Trinajstić information content (AvgIpc) is 3.22. The van der Waals surface area contributed by atoms with E-state index in [1.807, 2.05) is 11.8 Å². The Morgan fingerprint density at radius 1 is 1.13 bits per heavy atom. The smallest absolute Gasteiger partial charge is 0.449 e. The molecule has 0 aromatic heterocycles. The van der Waals surface area contributed by atoms with Crippen molar-refractivity contribution in [3.63, 3.8) is 0 Å². The fourth-order valence-electron chi connectivity index (χ4n) is 3.32. The Bertz CT molecular complexity index is 594. The topological polar surface area (TPSA) is 113 Å². The van der Waals surface area contributed by atoms with Crippen LogP contribution in [0.4, 0.5) is 13.2 Å². The predicted molar refractivity (Wildman–Crippen MR) is 106 cm³/mol. The van der Waals surface area contributed by atoms with Crippen molar-refractivity contribution in [3.8, 4) is 0 Å². The summed E-state index contributed by atoms with van der Waals surface area (Å²) < 4.78 is 45.2. The molecule has 8 nitrogen and oxygen atoms in total. The number of unbranched alkanes of at least 4 members (excludes halogenated alkanes) is 3. The zero-order chi connectivity index (χ0) is 22.0. The molecule has 0 spiro atoms. The summed E-state index contributed by atoms with van der Waals surface area (Å²) in [6.45, 7) is 0.574. The van der Waals surface area contributed by atoms with Crippen LogP contribution < -0.4 is 16.0 Å². The van der Waals surface area contributed by atoms with Gasteiger partial charge in [0.1, 0.15) is 0 Å². The lowest BCUT2D eigenvalue weighted by molar-refractivity contribution is -0.200. The minimum absolute atomic E-state index is 0.285. The molecular formula is C18H29F3N4O4S. The summed E-state index contributed by atoms with van der Waals surface area (Å²) in [5.41, 5.74) is 0. The van der Waals surface area contributed by atoms with Crippen molar-refractivity contribution in [2.45, 2.75) is 62.0 Å². The maximum Gasteiger partial charge on any atom is 0.490 e. The minimum atomic E-state index is -5.09. The van der Waals surface area contributed by atoms with E-state index < -0.39 is 24.7 Å². The molecule has 0 bridgehead atoms. The van der Waals surface area contributed by atoms with Gasteiger partial charge in [-0.05, 0) is 25.7 Å². The third-order valence-electron chi connectivity index (χ3n) is 4.85. The Labute approximate surface area is 177 Å². The normalized spacial score (nSPS) is 22.9. The highest BCUT2D eigenvalue weighted by Crippen LogP contribution is 2.33. The third-order valence-corrected chi connectivity index (χ3v) is 6.35. The van der Waals surface area contributed by atoms with E-state index in [4.69, 9.17) is 10.1 Å². The number of nitrogens with one attached hydrogen (secondary N) is 4. The van der Waals surface area contributed by atoms with Gasteiger partial charge < -0.3 is 25.4 Å². The van der Waals surface area contributed by atoms with Gasteiger partial charge >= 0.3 is 12.1 Å². The van der Waals surface area contributed by atoms with Gasteiger partial charge in [-0.15, -0.1) is 0 Å². The number of hydrogen-bond acceptors (Lipinski definition) is 6. The van der Waals surface area contributed by atoms with Gasteiger partial charge in [0.05, 0.1) is 12.1 Å². The second-order valence-electron chi connectivity index (χ2n) is 7.26. The molecule has 1 amide bonds. The van der Waals surface area contributed by atoms with Crippen LogP contribution in [0.3, 0.4) is 0 Å². The van der Waals surface area contributed by atoms with Gasteiger partial charge in [-0.25, -0.2) is 4.79 Å². The molecule has 0 saturated carbocycles. The number of ether oxygens (including phenoxy) is 2. The Kier molecular flexibility index (Phi) is 10.0. The van der Waals surface area contributed by atoms with Crippen molar-refractivity contribution in [1.29, 1.82) is 5.41 Å². The van der Waals surface area contributed by atoms with E-state index in [0.29, 0.717) is 42.9 Å². The number of hydrogen-bond donors (Lipinski definition) is 4. The molecule has 0 aromatic rings. The maximum absolute atomic E-state index is 11.9. The van der Waals surface area contributed by atoms with E-state index in [2.05, 4.69) is 20.7 Å². The first-order valence-corrected chi connectivity index (χ1v) is 11.1. The largest absolute Gasteiger partial charge is 0.490 e. The second-order valence-corrected chi connectivity index (χ2v) is 8.53. The molecule has 2 saturated heterocycles. The molecule has 2 rings (SSSR count). The van der Waals surface area contributed by atoms with Gasteiger partial charge in [-0.3, -0.25) is 10.2 Å². The Balaban J connectivity index is 1.35. The summed E-state index contributed by atoms with van der Waals surface area (Å²) in [6.07, 6.45) is 0.577. The van der Waals surface area contributed by atoms with Crippen LogP contribution in [0, 0.1) is 5.41 Å². The van der Waals surface area contributed by atoms with Gasteiger partial charge in [-0.2, -0.15) is 24.9 Å². The molecule has 0 aromatic carbocycles. The summed E-state index contributed by atoms with van der Waals surface area (Å²) in [5.74, 6) is -1.65. The first-order valence-electron chi connectivity index (χ1n) is 10.1. The molecule has 30 heavy (non-hydrogen) atoms. The fourth-order valence-corrected chi connectivity index (χ4v) is 4.87. The standard InChI is InChI=1S/C18H29F3N4O4S/c19-18(20,21)16(27)29-10-14(26)23-7-3-5-9-28-8-4-1-2-6-13-15-12(11-30-13)24-17(22)25-15/h12-13,15H,1-11H2,(H,23,26)(H3,22,24,25)/t12-,13-,15-/m0/s1. The lowest BCUT2D eigenvalue weighted by Gasteiger charge is -2.16. The number of alkyl halides is 3. The minimum Gasteiger partial charge on any atom is -0.449 e. The van der Waals surface area contributed by atoms with E-state index in [1.165, 1.54) is 0 Å². The molecule has 12 heteroatoms. The zero-order valence-electron chi connectivity index (χ0n) is 16.7. The van der Waals surface area contributed by atoms with Gasteiger partial charge in [0.25, 0.3) is 5.91 Å². The molecule has 0 radical (unpaired) electrons. The summed E-state index contributed by atoms with van der Waals surface area (Å²) >= 11 is 1.97. The number of fused-ring (bicyclic) bond motifs is 1. The summed E-state index contributed by atoms with van der Waals surface area (Å²) in [6, 6.07) is 0.756.